The minimum Gasteiger partial charge on any atom is -0.470 e. The Morgan fingerprint density at radius 1 is 1.46 bits per heavy atom. The van der Waals surface area contributed by atoms with E-state index in [9.17, 15) is 0 Å². The highest BCUT2D eigenvalue weighted by Crippen LogP contribution is 2.10. The molecule has 1 rings (SSSR count). The fourth-order valence-electron chi connectivity index (χ4n) is 0.971. The van der Waals surface area contributed by atoms with Crippen LogP contribution in [-0.4, -0.2) is 6.23 Å². The Kier molecular flexibility index (Phi) is 3.72. The largest absolute Gasteiger partial charge is 0.470 e. The van der Waals surface area contributed by atoms with Crippen LogP contribution in [0, 0.1) is 12.5 Å². The van der Waals surface area contributed by atoms with Crippen molar-refractivity contribution in [2.45, 2.75) is 19.6 Å². The van der Waals surface area contributed by atoms with E-state index in [4.69, 9.17) is 11.2 Å². The van der Waals surface area contributed by atoms with Crippen LogP contribution in [0.15, 0.2) is 30.3 Å². The number of nitrogens with one attached hydrogen (secondary N) is 1. The lowest BCUT2D eigenvalue weighted by Gasteiger charge is -2.15. The van der Waals surface area contributed by atoms with Crippen LogP contribution in [0.5, 0.6) is 5.75 Å². The fraction of sp³-hybridized carbons (Fsp3) is 0.273. The summed E-state index contributed by atoms with van der Waals surface area (Å²) in [5, 5.41) is 2.79. The van der Waals surface area contributed by atoms with Gasteiger partial charge in [0.2, 0.25) is 0 Å². The van der Waals surface area contributed by atoms with E-state index in [0.717, 1.165) is 12.2 Å². The zero-order valence-corrected chi connectivity index (χ0v) is 7.66. The highest BCUT2D eigenvalue weighted by Gasteiger charge is 2.03. The smallest absolute Gasteiger partial charge is 0.176 e. The Hall–Kier alpha value is -1.62. The second-order valence-electron chi connectivity index (χ2n) is 2.62. The van der Waals surface area contributed by atoms with Crippen LogP contribution in [0.4, 0.5) is 0 Å². The second kappa shape index (κ2) is 5.10. The molecule has 2 heteroatoms. The number of para-hydroxylation sites is 1. The normalized spacial score (nSPS) is 11.4. The zero-order valence-electron chi connectivity index (χ0n) is 7.66. The van der Waals surface area contributed by atoms with Crippen LogP contribution in [-0.2, 0) is 0 Å². The van der Waals surface area contributed by atoms with E-state index >= 15 is 0 Å². The van der Waals surface area contributed by atoms with E-state index in [1.165, 1.54) is 0 Å². The van der Waals surface area contributed by atoms with Crippen molar-refractivity contribution in [2.75, 3.05) is 0 Å². The van der Waals surface area contributed by atoms with Crippen molar-refractivity contribution >= 4 is 0 Å². The van der Waals surface area contributed by atoms with Crippen molar-refractivity contribution in [3.8, 4) is 18.2 Å². The first-order valence-electron chi connectivity index (χ1n) is 4.29. The molecule has 0 heterocycles. The first-order valence-corrected chi connectivity index (χ1v) is 4.29. The van der Waals surface area contributed by atoms with Crippen molar-refractivity contribution in [1.82, 2.24) is 5.32 Å². The Labute approximate surface area is 78.9 Å². The summed E-state index contributed by atoms with van der Waals surface area (Å²) in [4.78, 5) is 0. The first kappa shape index (κ1) is 9.47. The summed E-state index contributed by atoms with van der Waals surface area (Å²) >= 11 is 0. The quantitative estimate of drug-likeness (QED) is 0.429. The molecule has 0 bridgehead atoms. The summed E-state index contributed by atoms with van der Waals surface area (Å²) in [6.45, 7) is 2.01. The average Bonchev–Trinajstić information content (AvgIpc) is 2.19. The number of hydrogen-bond donors (Lipinski definition) is 1. The lowest BCUT2D eigenvalue weighted by Crippen LogP contribution is -2.29. The Morgan fingerprint density at radius 2 is 2.15 bits per heavy atom. The van der Waals surface area contributed by atoms with Gasteiger partial charge in [0.25, 0.3) is 0 Å². The SMILES string of the molecule is C#CNC(CC)Oc1ccccc1. The molecule has 1 unspecified atom stereocenters. The van der Waals surface area contributed by atoms with Gasteiger partial charge in [-0.2, -0.15) is 0 Å². The summed E-state index contributed by atoms with van der Waals surface area (Å²) in [5.74, 6) is 0.831. The van der Waals surface area contributed by atoms with Gasteiger partial charge in [-0.25, -0.2) is 0 Å². The molecule has 13 heavy (non-hydrogen) atoms. The van der Waals surface area contributed by atoms with Crippen LogP contribution in [0.1, 0.15) is 13.3 Å². The molecule has 1 atom stereocenters. The molecular weight excluding hydrogens is 162 g/mol. The zero-order chi connectivity index (χ0) is 9.52. The lowest BCUT2D eigenvalue weighted by atomic mass is 10.3. The number of rotatable bonds is 4. The molecule has 0 aromatic heterocycles. The minimum absolute atomic E-state index is 0.104. The first-order chi connectivity index (χ1) is 6.36. The predicted octanol–water partition coefficient (Wildman–Crippen LogP) is 1.98. The molecule has 0 spiro atoms. The van der Waals surface area contributed by atoms with E-state index in [-0.39, 0.29) is 6.23 Å². The molecule has 2 nitrogen and oxygen atoms in total. The molecule has 0 aliphatic carbocycles. The summed E-state index contributed by atoms with van der Waals surface area (Å²) in [6.07, 6.45) is 5.85. The van der Waals surface area contributed by atoms with Crippen LogP contribution in [0.2, 0.25) is 0 Å². The molecular formula is C11H13NO. The third-order valence-electron chi connectivity index (χ3n) is 1.64. The number of ether oxygens (including phenoxy) is 1. The van der Waals surface area contributed by atoms with Crippen LogP contribution in [0.3, 0.4) is 0 Å². The third kappa shape index (κ3) is 3.08. The second-order valence-corrected chi connectivity index (χ2v) is 2.62. The summed E-state index contributed by atoms with van der Waals surface area (Å²) in [5.41, 5.74) is 0. The lowest BCUT2D eigenvalue weighted by molar-refractivity contribution is 0.179. The van der Waals surface area contributed by atoms with Gasteiger partial charge in [0.15, 0.2) is 6.23 Å². The molecule has 0 amide bonds. The third-order valence-corrected chi connectivity index (χ3v) is 1.64. The van der Waals surface area contributed by atoms with Gasteiger partial charge in [0.1, 0.15) is 5.75 Å². The van der Waals surface area contributed by atoms with Gasteiger partial charge < -0.3 is 10.1 Å². The summed E-state index contributed by atoms with van der Waals surface area (Å²) < 4.78 is 5.55. The van der Waals surface area contributed by atoms with Gasteiger partial charge in [0.05, 0.1) is 0 Å². The minimum atomic E-state index is -0.104. The standard InChI is InChI=1S/C11H13NO/c1-3-11(12-4-2)13-10-8-6-5-7-9-10/h2,5-9,11-12H,3H2,1H3. The van der Waals surface area contributed by atoms with Gasteiger partial charge in [-0.15, -0.1) is 0 Å². The highest BCUT2D eigenvalue weighted by atomic mass is 16.5. The van der Waals surface area contributed by atoms with Crippen molar-refractivity contribution in [3.05, 3.63) is 30.3 Å². The van der Waals surface area contributed by atoms with Crippen LogP contribution >= 0.6 is 0 Å². The van der Waals surface area contributed by atoms with Gasteiger partial charge in [-0.1, -0.05) is 31.5 Å². The Bertz CT molecular complexity index is 276. The van der Waals surface area contributed by atoms with E-state index in [1.807, 2.05) is 37.3 Å². The van der Waals surface area contributed by atoms with Gasteiger partial charge in [0, 0.05) is 12.5 Å². The van der Waals surface area contributed by atoms with Crippen LogP contribution in [0.25, 0.3) is 0 Å². The average molecular weight is 175 g/mol. The van der Waals surface area contributed by atoms with Crippen LogP contribution < -0.4 is 10.1 Å². The topological polar surface area (TPSA) is 21.3 Å². The molecule has 1 N–H and O–H groups in total. The number of benzene rings is 1. The molecule has 0 radical (unpaired) electrons. The Morgan fingerprint density at radius 3 is 2.69 bits per heavy atom. The summed E-state index contributed by atoms with van der Waals surface area (Å²) in [7, 11) is 0. The molecule has 0 aliphatic heterocycles. The van der Waals surface area contributed by atoms with Crippen molar-refractivity contribution in [1.29, 1.82) is 0 Å². The van der Waals surface area contributed by atoms with E-state index < -0.39 is 0 Å². The molecule has 0 aliphatic rings. The summed E-state index contributed by atoms with van der Waals surface area (Å²) in [6, 6.07) is 12.0. The predicted molar refractivity (Wildman–Crippen MR) is 53.1 cm³/mol. The molecule has 1 aromatic carbocycles. The van der Waals surface area contributed by atoms with E-state index in [2.05, 4.69) is 11.4 Å². The van der Waals surface area contributed by atoms with Crippen molar-refractivity contribution in [3.63, 3.8) is 0 Å². The maximum Gasteiger partial charge on any atom is 0.176 e. The number of terminal acetylenes is 1. The maximum atomic E-state index is 5.55. The Balaban J connectivity index is 2.53. The van der Waals surface area contributed by atoms with Gasteiger partial charge in [-0.3, -0.25) is 0 Å². The molecule has 68 valence electrons. The molecule has 1 aromatic rings. The van der Waals surface area contributed by atoms with Gasteiger partial charge >= 0.3 is 0 Å². The molecule has 0 saturated carbocycles. The molecule has 0 fully saturated rings. The van der Waals surface area contributed by atoms with Crippen molar-refractivity contribution in [2.24, 2.45) is 0 Å². The molecule has 0 saturated heterocycles. The van der Waals surface area contributed by atoms with Gasteiger partial charge in [-0.05, 0) is 12.1 Å². The number of hydrogen-bond acceptors (Lipinski definition) is 2. The monoisotopic (exact) mass is 175 g/mol. The maximum absolute atomic E-state index is 5.55. The fourth-order valence-corrected chi connectivity index (χ4v) is 0.971. The van der Waals surface area contributed by atoms with E-state index in [0.29, 0.717) is 0 Å². The van der Waals surface area contributed by atoms with Crippen molar-refractivity contribution < 1.29 is 4.74 Å². The van der Waals surface area contributed by atoms with E-state index in [1.54, 1.807) is 0 Å². The highest BCUT2D eigenvalue weighted by molar-refractivity contribution is 5.21.